The number of nitrogens with zero attached hydrogens (tertiary/aromatic N) is 2. The molecule has 0 aliphatic carbocycles. The van der Waals surface area contributed by atoms with Crippen LogP contribution in [0.25, 0.3) is 11.1 Å². The maximum atomic E-state index is 14.2. The zero-order chi connectivity index (χ0) is 43.5. The summed E-state index contributed by atoms with van der Waals surface area (Å²) in [4.78, 5) is 55.7. The van der Waals surface area contributed by atoms with Crippen molar-refractivity contribution < 1.29 is 38.1 Å². The maximum absolute atomic E-state index is 14.2. The van der Waals surface area contributed by atoms with Crippen molar-refractivity contribution in [3.63, 3.8) is 0 Å². The third-order valence-electron chi connectivity index (χ3n) is 11.0. The first-order valence-corrected chi connectivity index (χ1v) is 20.4. The van der Waals surface area contributed by atoms with E-state index in [1.54, 1.807) is 66.7 Å². The number of fused-ring (bicyclic) bond motifs is 2. The summed E-state index contributed by atoms with van der Waals surface area (Å²) in [6.07, 6.45) is -0.854. The molecule has 0 bridgehead atoms. The van der Waals surface area contributed by atoms with Gasteiger partial charge in [-0.2, -0.15) is 5.26 Å². The number of carbonyl (C=O) groups is 4. The Kier molecular flexibility index (Phi) is 12.1. The van der Waals surface area contributed by atoms with Crippen LogP contribution in [0.5, 0.6) is 11.5 Å². The monoisotopic (exact) mass is 867 g/mol. The van der Waals surface area contributed by atoms with Gasteiger partial charge in [0.1, 0.15) is 36.0 Å². The Balaban J connectivity index is 0.999. The molecule has 2 heterocycles. The lowest BCUT2D eigenvalue weighted by Crippen LogP contribution is -2.56. The number of carboxylic acids is 1. The van der Waals surface area contributed by atoms with E-state index in [9.17, 15) is 28.7 Å². The topological polar surface area (TPSA) is 146 Å². The molecule has 3 atom stereocenters. The molecule has 6 aromatic carbocycles. The number of hydrogen-bond donors (Lipinski definition) is 2. The van der Waals surface area contributed by atoms with Gasteiger partial charge in [0.25, 0.3) is 5.91 Å². The molecule has 2 amide bonds. The minimum atomic E-state index is -1.33. The smallest absolute Gasteiger partial charge is 0.326 e. The fourth-order valence-electron chi connectivity index (χ4n) is 7.66. The lowest BCUT2D eigenvalue weighted by atomic mass is 9.87. The summed E-state index contributed by atoms with van der Waals surface area (Å²) in [5.74, 6) is -2.15. The van der Waals surface area contributed by atoms with Crippen LogP contribution in [-0.2, 0) is 46.8 Å². The molecule has 0 radical (unpaired) electrons. The number of carbonyl (C=O) groups excluding carboxylic acids is 3. The number of hydrogen-bond acceptors (Lipinski definition) is 7. The van der Waals surface area contributed by atoms with Gasteiger partial charge in [0, 0.05) is 42.5 Å². The molecule has 0 spiro atoms. The highest BCUT2D eigenvalue weighted by atomic mass is 35.5. The second kappa shape index (κ2) is 17.9. The highest BCUT2D eigenvalue weighted by Gasteiger charge is 2.39. The fraction of sp³-hybridized carbons (Fsp3) is 0.163. The first-order chi connectivity index (χ1) is 29.9. The molecule has 8 rings (SSSR count). The van der Waals surface area contributed by atoms with E-state index in [4.69, 9.17) is 37.9 Å². The molecular formula is C49H36Cl2FN3O7. The number of Topliss-reactive ketones (excluding diaryl/α,β-unsaturated/α-hetero) is 1. The van der Waals surface area contributed by atoms with Crippen LogP contribution in [0.1, 0.15) is 55.4 Å². The molecule has 0 saturated carbocycles. The van der Waals surface area contributed by atoms with E-state index in [1.807, 2.05) is 36.4 Å². The average Bonchev–Trinajstić information content (AvgIpc) is 3.28. The van der Waals surface area contributed by atoms with Crippen molar-refractivity contribution in [1.82, 2.24) is 10.2 Å². The van der Waals surface area contributed by atoms with Gasteiger partial charge in [-0.1, -0.05) is 83.9 Å². The van der Waals surface area contributed by atoms with E-state index in [2.05, 4.69) is 11.4 Å². The summed E-state index contributed by atoms with van der Waals surface area (Å²) in [5.41, 5.74) is 6.55. The van der Waals surface area contributed by atoms with Gasteiger partial charge in [-0.15, -0.1) is 0 Å². The van der Waals surface area contributed by atoms with Crippen molar-refractivity contribution in [1.29, 1.82) is 5.26 Å². The molecule has 0 aromatic heterocycles. The summed E-state index contributed by atoms with van der Waals surface area (Å²) in [5, 5.41) is 22.9. The molecule has 310 valence electrons. The molecule has 6 aromatic rings. The van der Waals surface area contributed by atoms with Crippen molar-refractivity contribution in [2.75, 3.05) is 0 Å². The Bertz CT molecular complexity index is 2740. The Labute approximate surface area is 366 Å². The van der Waals surface area contributed by atoms with E-state index in [0.717, 1.165) is 28.8 Å². The zero-order valence-corrected chi connectivity index (χ0v) is 34.3. The lowest BCUT2D eigenvalue weighted by molar-refractivity contribution is -0.142. The van der Waals surface area contributed by atoms with Crippen LogP contribution in [0, 0.1) is 17.1 Å². The lowest BCUT2D eigenvalue weighted by Gasteiger charge is -2.37. The second-order valence-electron chi connectivity index (χ2n) is 15.1. The van der Waals surface area contributed by atoms with Gasteiger partial charge in [-0.3, -0.25) is 14.4 Å². The van der Waals surface area contributed by atoms with Crippen molar-refractivity contribution in [3.05, 3.63) is 188 Å². The van der Waals surface area contributed by atoms with Gasteiger partial charge >= 0.3 is 5.97 Å². The van der Waals surface area contributed by atoms with Crippen LogP contribution in [0.3, 0.4) is 0 Å². The normalized spacial score (nSPS) is 15.9. The van der Waals surface area contributed by atoms with Crippen LogP contribution >= 0.6 is 23.2 Å². The number of aliphatic carboxylic acids is 1. The highest BCUT2D eigenvalue weighted by molar-refractivity contribution is 6.42. The number of carboxylic acid groups (broad SMARTS) is 1. The third-order valence-corrected chi connectivity index (χ3v) is 11.7. The van der Waals surface area contributed by atoms with Gasteiger partial charge in [0.05, 0.1) is 21.7 Å². The van der Waals surface area contributed by atoms with Crippen molar-refractivity contribution >= 4 is 46.8 Å². The molecule has 0 saturated heterocycles. The van der Waals surface area contributed by atoms with Gasteiger partial charge in [-0.25, -0.2) is 9.18 Å². The number of nitrogens with one attached hydrogen (secondary N) is 1. The average molecular weight is 869 g/mol. The SMILES string of the molecule is N#Cc1ccc(-c2ccc(C[C@H](NC(=O)[C@@H]3Cc4cc5c(cc4CN3C(=O)c3ccc(F)cc3)OC(c3ccc(OCc4ccc(Cl)c(Cl)c4)cc3)C(=O)C5)C(=O)O)cc2)cc1. The molecule has 10 nitrogen and oxygen atoms in total. The van der Waals surface area contributed by atoms with Crippen LogP contribution in [-0.4, -0.2) is 45.7 Å². The largest absolute Gasteiger partial charge is 0.489 e. The highest BCUT2D eigenvalue weighted by Crippen LogP contribution is 2.38. The van der Waals surface area contributed by atoms with Gasteiger partial charge < -0.3 is 24.8 Å². The molecule has 13 heteroatoms. The van der Waals surface area contributed by atoms with Crippen LogP contribution in [0.4, 0.5) is 4.39 Å². The number of halogens is 3. The van der Waals surface area contributed by atoms with Gasteiger partial charge in [0.15, 0.2) is 11.9 Å². The molecule has 1 unspecified atom stereocenters. The van der Waals surface area contributed by atoms with E-state index in [1.165, 1.54) is 17.0 Å². The van der Waals surface area contributed by atoms with Crippen molar-refractivity contribution in [2.24, 2.45) is 0 Å². The fourth-order valence-corrected chi connectivity index (χ4v) is 7.98. The standard InChI is InChI=1S/C49H36Cl2FN3O7/c50-40-18-5-30(19-41(40)51)27-61-39-16-12-33(13-17-39)46-44(56)23-36-21-35-22-43(55(26-37(35)24-45(36)62-46)48(58)34-10-14-38(52)15-11-34)47(57)54-42(49(59)60)20-28-1-6-31(7-2-28)32-8-3-29(25-53)4-9-32/h1-19,21,24,42-43,46H,20,22-23,26-27H2,(H,54,57)(H,59,60)/t42-,43-,46?/m0/s1. The summed E-state index contributed by atoms with van der Waals surface area (Å²) in [6.45, 7) is 0.215. The third kappa shape index (κ3) is 9.17. The predicted octanol–water partition coefficient (Wildman–Crippen LogP) is 8.87. The van der Waals surface area contributed by atoms with Crippen LogP contribution in [0.2, 0.25) is 10.0 Å². The Morgan fingerprint density at radius 1 is 0.839 bits per heavy atom. The first kappa shape index (κ1) is 41.7. The quantitative estimate of drug-likeness (QED) is 0.131. The van der Waals surface area contributed by atoms with Crippen molar-refractivity contribution in [3.8, 4) is 28.7 Å². The summed E-state index contributed by atoms with van der Waals surface area (Å²) in [6, 6.07) is 34.8. The number of benzene rings is 6. The number of ketones is 1. The molecular weight excluding hydrogens is 832 g/mol. The summed E-state index contributed by atoms with van der Waals surface area (Å²) >= 11 is 12.2. The minimum Gasteiger partial charge on any atom is -0.489 e. The van der Waals surface area contributed by atoms with Crippen LogP contribution in [0.15, 0.2) is 127 Å². The molecule has 62 heavy (non-hydrogen) atoms. The second-order valence-corrected chi connectivity index (χ2v) is 15.9. The number of amides is 2. The number of rotatable bonds is 11. The molecule has 0 fully saturated rings. The van der Waals surface area contributed by atoms with Crippen LogP contribution < -0.4 is 14.8 Å². The maximum Gasteiger partial charge on any atom is 0.326 e. The summed E-state index contributed by atoms with van der Waals surface area (Å²) < 4.78 is 26.1. The van der Waals surface area contributed by atoms with Gasteiger partial charge in [-0.05, 0) is 100 Å². The Hall–Kier alpha value is -7.00. The molecule has 2 aliphatic rings. The number of nitriles is 1. The zero-order valence-electron chi connectivity index (χ0n) is 32.8. The molecule has 2 N–H and O–H groups in total. The van der Waals surface area contributed by atoms with E-state index in [-0.39, 0.29) is 43.8 Å². The number of ether oxygens (including phenoxy) is 2. The minimum absolute atomic E-state index is 0.0221. The molecule has 2 aliphatic heterocycles. The Morgan fingerprint density at radius 2 is 1.52 bits per heavy atom. The van der Waals surface area contributed by atoms with E-state index in [0.29, 0.717) is 54.9 Å². The Morgan fingerprint density at radius 3 is 2.18 bits per heavy atom. The van der Waals surface area contributed by atoms with Crippen molar-refractivity contribution in [2.45, 2.75) is 50.6 Å². The van der Waals surface area contributed by atoms with E-state index < -0.39 is 41.8 Å². The predicted molar refractivity (Wildman–Crippen MR) is 229 cm³/mol. The van der Waals surface area contributed by atoms with E-state index >= 15 is 0 Å². The summed E-state index contributed by atoms with van der Waals surface area (Å²) in [7, 11) is 0. The first-order valence-electron chi connectivity index (χ1n) is 19.6. The van der Waals surface area contributed by atoms with Gasteiger partial charge in [0.2, 0.25) is 5.91 Å².